The molecule has 0 fully saturated rings. The average molecular weight is 416 g/mol. The molecule has 4 aromatic carbocycles. The van der Waals surface area contributed by atoms with E-state index >= 15 is 0 Å². The monoisotopic (exact) mass is 415 g/mol. The lowest BCUT2D eigenvalue weighted by Gasteiger charge is -2.25. The van der Waals surface area contributed by atoms with Crippen molar-refractivity contribution >= 4 is 27.2 Å². The third-order valence-electron chi connectivity index (χ3n) is 4.79. The van der Waals surface area contributed by atoms with E-state index in [0.717, 1.165) is 28.2 Å². The van der Waals surface area contributed by atoms with Crippen LogP contribution in [0.2, 0.25) is 0 Å². The molecule has 0 saturated carbocycles. The molecule has 4 aromatic rings. The quantitative estimate of drug-likeness (QED) is 0.380. The number of benzene rings is 4. The molecule has 30 heavy (non-hydrogen) atoms. The Labute approximate surface area is 176 Å². The second kappa shape index (κ2) is 8.53. The molecule has 150 valence electrons. The van der Waals surface area contributed by atoms with Crippen LogP contribution in [0, 0.1) is 0 Å². The number of nitrogens with zero attached hydrogens (tertiary/aromatic N) is 1. The largest absolute Gasteiger partial charge is 0.311 e. The first-order valence-electron chi connectivity index (χ1n) is 9.54. The van der Waals surface area contributed by atoms with Crippen molar-refractivity contribution in [2.24, 2.45) is 0 Å². The molecule has 0 aliphatic carbocycles. The van der Waals surface area contributed by atoms with E-state index in [2.05, 4.69) is 41.3 Å². The molecule has 4 rings (SSSR count). The van der Waals surface area contributed by atoms with Crippen LogP contribution >= 0.6 is 0 Å². The van der Waals surface area contributed by atoms with Crippen molar-refractivity contribution in [2.75, 3.05) is 4.90 Å². The first-order chi connectivity index (χ1) is 14.5. The molecule has 0 bridgehead atoms. The van der Waals surface area contributed by atoms with Crippen molar-refractivity contribution in [3.05, 3.63) is 115 Å². The minimum atomic E-state index is -4.03. The summed E-state index contributed by atoms with van der Waals surface area (Å²) in [6, 6.07) is 35.8. The Morgan fingerprint density at radius 1 is 0.567 bits per heavy atom. The van der Waals surface area contributed by atoms with Gasteiger partial charge in [0, 0.05) is 17.1 Å². The highest BCUT2D eigenvalue weighted by molar-refractivity contribution is 7.85. The van der Waals surface area contributed by atoms with E-state index in [1.165, 1.54) is 0 Å². The molecule has 0 spiro atoms. The minimum absolute atomic E-state index is 0.380. The van der Waals surface area contributed by atoms with Crippen molar-refractivity contribution < 1.29 is 13.0 Å². The van der Waals surface area contributed by atoms with Gasteiger partial charge in [-0.05, 0) is 53.1 Å². The Morgan fingerprint density at radius 3 is 1.40 bits per heavy atom. The van der Waals surface area contributed by atoms with Crippen LogP contribution in [0.3, 0.4) is 0 Å². The van der Waals surface area contributed by atoms with Crippen LogP contribution in [0.1, 0.15) is 5.56 Å². The molecule has 4 nitrogen and oxygen atoms in total. The van der Waals surface area contributed by atoms with Crippen LogP contribution in [0.4, 0.5) is 17.1 Å². The van der Waals surface area contributed by atoms with Gasteiger partial charge in [0.1, 0.15) is 5.75 Å². The molecule has 0 unspecified atom stereocenters. The standard InChI is InChI=1S/C25H21NO3S/c27-30(28,29)19-20-11-13-21(14-12-20)22-15-17-25(18-16-22)26(23-7-3-1-4-8-23)24-9-5-2-6-10-24/h1-18H,19H2,(H,27,28,29). The van der Waals surface area contributed by atoms with Gasteiger partial charge in [-0.2, -0.15) is 8.42 Å². The van der Waals surface area contributed by atoms with Crippen molar-refractivity contribution in [3.8, 4) is 11.1 Å². The molecule has 0 aliphatic rings. The first-order valence-corrected chi connectivity index (χ1v) is 11.2. The first kappa shape index (κ1) is 19.9. The highest BCUT2D eigenvalue weighted by atomic mass is 32.2. The van der Waals surface area contributed by atoms with E-state index in [9.17, 15) is 8.42 Å². The van der Waals surface area contributed by atoms with Gasteiger partial charge in [-0.1, -0.05) is 72.8 Å². The highest BCUT2D eigenvalue weighted by Crippen LogP contribution is 2.35. The van der Waals surface area contributed by atoms with Crippen molar-refractivity contribution in [3.63, 3.8) is 0 Å². The fourth-order valence-electron chi connectivity index (χ4n) is 3.41. The summed E-state index contributed by atoms with van der Waals surface area (Å²) in [5.41, 5.74) is 5.75. The van der Waals surface area contributed by atoms with E-state index < -0.39 is 10.1 Å². The summed E-state index contributed by atoms with van der Waals surface area (Å²) in [5, 5.41) is 0. The van der Waals surface area contributed by atoms with Gasteiger partial charge in [0.15, 0.2) is 0 Å². The predicted molar refractivity (Wildman–Crippen MR) is 122 cm³/mol. The predicted octanol–water partition coefficient (Wildman–Crippen LogP) is 6.21. The lowest BCUT2D eigenvalue weighted by molar-refractivity contribution is 0.482. The number of hydrogen-bond acceptors (Lipinski definition) is 3. The van der Waals surface area contributed by atoms with Gasteiger partial charge in [-0.25, -0.2) is 0 Å². The average Bonchev–Trinajstić information content (AvgIpc) is 2.76. The molecule has 0 amide bonds. The Bertz CT molecular complexity index is 1170. The van der Waals surface area contributed by atoms with Crippen molar-refractivity contribution in [1.82, 2.24) is 0 Å². The normalized spacial score (nSPS) is 11.2. The second-order valence-corrected chi connectivity index (χ2v) is 8.43. The van der Waals surface area contributed by atoms with Gasteiger partial charge in [-0.3, -0.25) is 4.55 Å². The van der Waals surface area contributed by atoms with Crippen LogP contribution in [0.15, 0.2) is 109 Å². The lowest BCUT2D eigenvalue weighted by Crippen LogP contribution is -2.09. The van der Waals surface area contributed by atoms with Crippen LogP contribution in [0.25, 0.3) is 11.1 Å². The molecule has 5 heteroatoms. The van der Waals surface area contributed by atoms with Gasteiger partial charge >= 0.3 is 0 Å². The maximum atomic E-state index is 11.0. The summed E-state index contributed by atoms with van der Waals surface area (Å²) < 4.78 is 31.1. The molecule has 0 radical (unpaired) electrons. The molecule has 1 N–H and O–H groups in total. The van der Waals surface area contributed by atoms with Crippen LogP contribution < -0.4 is 4.90 Å². The summed E-state index contributed by atoms with van der Waals surface area (Å²) in [4.78, 5) is 2.19. The van der Waals surface area contributed by atoms with Crippen LogP contribution in [0.5, 0.6) is 0 Å². The molecular formula is C25H21NO3S. The van der Waals surface area contributed by atoms with E-state index in [1.807, 2.05) is 60.7 Å². The summed E-state index contributed by atoms with van der Waals surface area (Å²) in [6.45, 7) is 0. The Morgan fingerprint density at radius 2 is 0.967 bits per heavy atom. The number of hydrogen-bond donors (Lipinski definition) is 1. The maximum absolute atomic E-state index is 11.0. The summed E-state index contributed by atoms with van der Waals surface area (Å²) in [6.07, 6.45) is 0. The van der Waals surface area contributed by atoms with Gasteiger partial charge in [0.2, 0.25) is 0 Å². The molecule has 0 aromatic heterocycles. The highest BCUT2D eigenvalue weighted by Gasteiger charge is 2.12. The van der Waals surface area contributed by atoms with Gasteiger partial charge in [0.05, 0.1) is 0 Å². The number of rotatable bonds is 6. The zero-order chi connectivity index (χ0) is 21.0. The zero-order valence-corrected chi connectivity index (χ0v) is 17.0. The topological polar surface area (TPSA) is 57.6 Å². The number of anilines is 3. The number of para-hydroxylation sites is 2. The zero-order valence-electron chi connectivity index (χ0n) is 16.2. The molecule has 0 aliphatic heterocycles. The Kier molecular flexibility index (Phi) is 5.65. The molecule has 0 heterocycles. The van der Waals surface area contributed by atoms with E-state index in [-0.39, 0.29) is 5.75 Å². The summed E-state index contributed by atoms with van der Waals surface area (Å²) in [7, 11) is -4.03. The van der Waals surface area contributed by atoms with Gasteiger partial charge in [-0.15, -0.1) is 0 Å². The second-order valence-electron chi connectivity index (χ2n) is 6.98. The van der Waals surface area contributed by atoms with Crippen LogP contribution in [-0.4, -0.2) is 13.0 Å². The third-order valence-corrected chi connectivity index (χ3v) is 5.49. The van der Waals surface area contributed by atoms with Crippen molar-refractivity contribution in [2.45, 2.75) is 5.75 Å². The Balaban J connectivity index is 1.64. The lowest BCUT2D eigenvalue weighted by atomic mass is 10.0. The van der Waals surface area contributed by atoms with Gasteiger partial charge in [0.25, 0.3) is 10.1 Å². The van der Waals surface area contributed by atoms with E-state index in [1.54, 1.807) is 12.1 Å². The summed E-state index contributed by atoms with van der Waals surface area (Å²) >= 11 is 0. The van der Waals surface area contributed by atoms with E-state index in [4.69, 9.17) is 4.55 Å². The van der Waals surface area contributed by atoms with Gasteiger partial charge < -0.3 is 4.90 Å². The smallest absolute Gasteiger partial charge is 0.269 e. The fourth-order valence-corrected chi connectivity index (χ4v) is 4.02. The molecule has 0 atom stereocenters. The SMILES string of the molecule is O=S(=O)(O)Cc1ccc(-c2ccc(N(c3ccccc3)c3ccccc3)cc2)cc1. The molecule has 0 saturated heterocycles. The van der Waals surface area contributed by atoms with E-state index in [0.29, 0.717) is 5.56 Å². The maximum Gasteiger partial charge on any atom is 0.269 e. The fraction of sp³-hybridized carbons (Fsp3) is 0.0400. The summed E-state index contributed by atoms with van der Waals surface area (Å²) in [5.74, 6) is -0.380. The van der Waals surface area contributed by atoms with Crippen LogP contribution in [-0.2, 0) is 15.9 Å². The Hall–Kier alpha value is -3.41. The van der Waals surface area contributed by atoms with Crippen molar-refractivity contribution in [1.29, 1.82) is 0 Å². The molecular weight excluding hydrogens is 394 g/mol. The third kappa shape index (κ3) is 4.76. The minimum Gasteiger partial charge on any atom is -0.311 e.